The van der Waals surface area contributed by atoms with Crippen molar-refractivity contribution in [2.24, 2.45) is 10.9 Å². The van der Waals surface area contributed by atoms with E-state index in [1.54, 1.807) is 36.1 Å². The highest BCUT2D eigenvalue weighted by Gasteiger charge is 2.41. The molecule has 27 heavy (non-hydrogen) atoms. The third kappa shape index (κ3) is 2.90. The topological polar surface area (TPSA) is 98.7 Å². The number of likely N-dealkylation sites (tertiary alicyclic amines) is 1. The van der Waals surface area contributed by atoms with Crippen LogP contribution in [0.4, 0.5) is 4.79 Å². The first-order chi connectivity index (χ1) is 13.0. The van der Waals surface area contributed by atoms with E-state index in [2.05, 4.69) is 15.2 Å². The van der Waals surface area contributed by atoms with Crippen molar-refractivity contribution in [3.05, 3.63) is 41.3 Å². The first-order valence-corrected chi connectivity index (χ1v) is 9.08. The quantitative estimate of drug-likeness (QED) is 0.861. The Labute approximate surface area is 156 Å². The SMILES string of the molecule is Cc1n[nH]c(C)c1C(=O)N1CCC(N2C(=O)N=C3C=CC=CC3C2=O)CC1. The number of hydrogen-bond donors (Lipinski definition) is 1. The molecule has 0 radical (unpaired) electrons. The van der Waals surface area contributed by atoms with E-state index in [1.807, 2.05) is 6.92 Å². The maximum Gasteiger partial charge on any atom is 0.350 e. The molecular weight excluding hydrogens is 346 g/mol. The molecule has 1 unspecified atom stereocenters. The Morgan fingerprint density at radius 2 is 1.93 bits per heavy atom. The first-order valence-electron chi connectivity index (χ1n) is 9.08. The van der Waals surface area contributed by atoms with E-state index in [1.165, 1.54) is 4.90 Å². The van der Waals surface area contributed by atoms with Gasteiger partial charge in [0.05, 0.1) is 22.9 Å². The summed E-state index contributed by atoms with van der Waals surface area (Å²) >= 11 is 0. The maximum absolute atomic E-state index is 12.8. The second-order valence-electron chi connectivity index (χ2n) is 7.08. The van der Waals surface area contributed by atoms with Gasteiger partial charge in [-0.25, -0.2) is 4.79 Å². The zero-order chi connectivity index (χ0) is 19.1. The number of piperidine rings is 1. The molecule has 3 aliphatic rings. The van der Waals surface area contributed by atoms with Gasteiger partial charge in [0, 0.05) is 24.8 Å². The number of nitrogens with one attached hydrogen (secondary N) is 1. The van der Waals surface area contributed by atoms with Crippen molar-refractivity contribution in [1.82, 2.24) is 20.0 Å². The van der Waals surface area contributed by atoms with Gasteiger partial charge in [-0.3, -0.25) is 19.6 Å². The van der Waals surface area contributed by atoms with Crippen LogP contribution < -0.4 is 0 Å². The zero-order valence-electron chi connectivity index (χ0n) is 15.3. The third-order valence-corrected chi connectivity index (χ3v) is 5.39. The highest BCUT2D eigenvalue weighted by molar-refractivity contribution is 6.21. The summed E-state index contributed by atoms with van der Waals surface area (Å²) in [6, 6.07) is -0.734. The van der Waals surface area contributed by atoms with E-state index in [0.29, 0.717) is 42.9 Å². The van der Waals surface area contributed by atoms with Crippen LogP contribution in [0.3, 0.4) is 0 Å². The Morgan fingerprint density at radius 1 is 1.19 bits per heavy atom. The van der Waals surface area contributed by atoms with Crippen LogP contribution in [0.25, 0.3) is 0 Å². The zero-order valence-corrected chi connectivity index (χ0v) is 15.3. The number of carbonyl (C=O) groups excluding carboxylic acids is 3. The lowest BCUT2D eigenvalue weighted by Gasteiger charge is -2.39. The molecule has 1 aliphatic carbocycles. The lowest BCUT2D eigenvalue weighted by atomic mass is 9.93. The number of aryl methyl sites for hydroxylation is 2. The van der Waals surface area contributed by atoms with Crippen molar-refractivity contribution in [1.29, 1.82) is 0 Å². The van der Waals surface area contributed by atoms with Crippen molar-refractivity contribution in [3.8, 4) is 0 Å². The van der Waals surface area contributed by atoms with Crippen molar-refractivity contribution in [2.75, 3.05) is 13.1 Å². The van der Waals surface area contributed by atoms with Crippen LogP contribution in [-0.4, -0.2) is 62.7 Å². The lowest BCUT2D eigenvalue weighted by molar-refractivity contribution is -0.131. The highest BCUT2D eigenvalue weighted by atomic mass is 16.2. The van der Waals surface area contributed by atoms with Crippen LogP contribution in [0.1, 0.15) is 34.6 Å². The van der Waals surface area contributed by atoms with Gasteiger partial charge in [0.15, 0.2) is 0 Å². The molecule has 0 saturated carbocycles. The summed E-state index contributed by atoms with van der Waals surface area (Å²) in [6.07, 6.45) is 8.15. The second kappa shape index (κ2) is 6.61. The molecule has 1 N–H and O–H groups in total. The molecule has 1 atom stereocenters. The lowest BCUT2D eigenvalue weighted by Crippen LogP contribution is -2.54. The Hall–Kier alpha value is -3.03. The molecule has 1 saturated heterocycles. The number of amides is 4. The fourth-order valence-corrected chi connectivity index (χ4v) is 3.94. The number of rotatable bonds is 2. The van der Waals surface area contributed by atoms with Crippen LogP contribution in [0.2, 0.25) is 0 Å². The van der Waals surface area contributed by atoms with Gasteiger partial charge in [-0.1, -0.05) is 18.2 Å². The average molecular weight is 367 g/mol. The molecule has 0 bridgehead atoms. The van der Waals surface area contributed by atoms with Gasteiger partial charge in [0.25, 0.3) is 5.91 Å². The van der Waals surface area contributed by atoms with E-state index in [9.17, 15) is 14.4 Å². The number of hydrogen-bond acceptors (Lipinski definition) is 4. The number of aromatic amines is 1. The summed E-state index contributed by atoms with van der Waals surface area (Å²) in [5, 5.41) is 6.92. The molecule has 2 aliphatic heterocycles. The molecular formula is C19H21N5O3. The van der Waals surface area contributed by atoms with E-state index in [4.69, 9.17) is 0 Å². The second-order valence-corrected chi connectivity index (χ2v) is 7.08. The number of carbonyl (C=O) groups is 3. The standard InChI is InChI=1S/C19H21N5O3/c1-11-16(12(2)22-21-11)18(26)23-9-7-13(8-10-23)24-17(25)14-5-3-4-6-15(14)20-19(24)27/h3-6,13-14H,7-10H2,1-2H3,(H,21,22). The molecule has 140 valence electrons. The fraction of sp³-hybridized carbons (Fsp3) is 0.421. The van der Waals surface area contributed by atoms with Crippen LogP contribution in [-0.2, 0) is 4.79 Å². The number of urea groups is 1. The van der Waals surface area contributed by atoms with Gasteiger partial charge in [0.1, 0.15) is 0 Å². The molecule has 4 rings (SSSR count). The summed E-state index contributed by atoms with van der Waals surface area (Å²) in [6.45, 7) is 4.60. The Balaban J connectivity index is 1.47. The molecule has 1 aromatic rings. The number of aliphatic imine (C=N–C) groups is 1. The Morgan fingerprint density at radius 3 is 2.59 bits per heavy atom. The van der Waals surface area contributed by atoms with Gasteiger partial charge in [-0.15, -0.1) is 0 Å². The molecule has 0 spiro atoms. The number of fused-ring (bicyclic) bond motifs is 1. The molecule has 1 aromatic heterocycles. The monoisotopic (exact) mass is 367 g/mol. The van der Waals surface area contributed by atoms with E-state index < -0.39 is 11.9 Å². The van der Waals surface area contributed by atoms with Crippen molar-refractivity contribution in [3.63, 3.8) is 0 Å². The van der Waals surface area contributed by atoms with Gasteiger partial charge < -0.3 is 4.90 Å². The highest BCUT2D eigenvalue weighted by Crippen LogP contribution is 2.26. The maximum atomic E-state index is 12.8. The largest absolute Gasteiger partial charge is 0.350 e. The first kappa shape index (κ1) is 17.4. The Bertz CT molecular complexity index is 883. The smallest absolute Gasteiger partial charge is 0.338 e. The molecule has 0 aromatic carbocycles. The van der Waals surface area contributed by atoms with Gasteiger partial charge in [0.2, 0.25) is 5.91 Å². The van der Waals surface area contributed by atoms with E-state index >= 15 is 0 Å². The van der Waals surface area contributed by atoms with Crippen LogP contribution >= 0.6 is 0 Å². The van der Waals surface area contributed by atoms with Crippen LogP contribution in [0, 0.1) is 19.8 Å². The van der Waals surface area contributed by atoms with Crippen LogP contribution in [0.15, 0.2) is 29.3 Å². The number of H-pyrrole nitrogens is 1. The van der Waals surface area contributed by atoms with Crippen molar-refractivity contribution < 1.29 is 14.4 Å². The minimum Gasteiger partial charge on any atom is -0.338 e. The van der Waals surface area contributed by atoms with Gasteiger partial charge in [-0.05, 0) is 32.8 Å². The summed E-state index contributed by atoms with van der Waals surface area (Å²) in [7, 11) is 0. The number of allylic oxidation sites excluding steroid dienone is 3. The van der Waals surface area contributed by atoms with Crippen LogP contribution in [0.5, 0.6) is 0 Å². The summed E-state index contributed by atoms with van der Waals surface area (Å²) in [5.41, 5.74) is 2.54. The number of aromatic nitrogens is 2. The van der Waals surface area contributed by atoms with Crippen molar-refractivity contribution in [2.45, 2.75) is 32.7 Å². The third-order valence-electron chi connectivity index (χ3n) is 5.39. The van der Waals surface area contributed by atoms with Crippen molar-refractivity contribution >= 4 is 23.6 Å². The predicted octanol–water partition coefficient (Wildman–Crippen LogP) is 1.78. The van der Waals surface area contributed by atoms with Gasteiger partial charge in [-0.2, -0.15) is 10.1 Å². The average Bonchev–Trinajstić information content (AvgIpc) is 3.00. The summed E-state index contributed by atoms with van der Waals surface area (Å²) < 4.78 is 0. The van der Waals surface area contributed by atoms with E-state index in [0.717, 1.165) is 5.69 Å². The van der Waals surface area contributed by atoms with E-state index in [-0.39, 0.29) is 17.9 Å². The molecule has 1 fully saturated rings. The molecule has 3 heterocycles. The minimum atomic E-state index is -0.502. The summed E-state index contributed by atoms with van der Waals surface area (Å²) in [4.78, 5) is 45.1. The predicted molar refractivity (Wildman–Crippen MR) is 98.4 cm³/mol. The number of nitrogens with zero attached hydrogens (tertiary/aromatic N) is 4. The fourth-order valence-electron chi connectivity index (χ4n) is 3.94. The minimum absolute atomic E-state index is 0.0610. The normalized spacial score (nSPS) is 22.9. The van der Waals surface area contributed by atoms with Gasteiger partial charge >= 0.3 is 6.03 Å². The molecule has 8 nitrogen and oxygen atoms in total. The molecule has 8 heteroatoms. The Kier molecular flexibility index (Phi) is 4.25. The molecule has 4 amide bonds. The summed E-state index contributed by atoms with van der Waals surface area (Å²) in [5.74, 6) is -0.769. The number of imide groups is 1.